The number of benzene rings is 1. The molecule has 1 atom stereocenters. The highest BCUT2D eigenvalue weighted by atomic mass is 35.5. The average molecular weight is 344 g/mol. The van der Waals surface area contributed by atoms with E-state index in [4.69, 9.17) is 28.9 Å². The fraction of sp³-hybridized carbons (Fsp3) is 0.562. The van der Waals surface area contributed by atoms with Crippen LogP contribution in [0.5, 0.6) is 0 Å². The molecular weight excluding hydrogens is 321 g/mol. The zero-order valence-corrected chi connectivity index (χ0v) is 14.2. The zero-order chi connectivity index (χ0) is 15.9. The lowest BCUT2D eigenvalue weighted by molar-refractivity contribution is -0.116. The van der Waals surface area contributed by atoms with Gasteiger partial charge in [-0.3, -0.25) is 9.69 Å². The van der Waals surface area contributed by atoms with E-state index in [0.29, 0.717) is 34.7 Å². The number of nitrogens with two attached hydrogens (primary N) is 1. The number of nitrogens with zero attached hydrogens (tertiary/aromatic N) is 1. The van der Waals surface area contributed by atoms with E-state index in [0.717, 1.165) is 19.5 Å². The summed E-state index contributed by atoms with van der Waals surface area (Å²) in [6.07, 6.45) is 5.05. The number of hydrogen-bond donors (Lipinski definition) is 2. The Morgan fingerprint density at radius 3 is 2.73 bits per heavy atom. The van der Waals surface area contributed by atoms with Crippen molar-refractivity contribution in [3.8, 4) is 0 Å². The maximum Gasteiger partial charge on any atom is 0.225 e. The Morgan fingerprint density at radius 2 is 2.05 bits per heavy atom. The molecule has 4 nitrogen and oxygen atoms in total. The lowest BCUT2D eigenvalue weighted by Gasteiger charge is -2.35. The number of para-hydroxylation sites is 1. The topological polar surface area (TPSA) is 58.4 Å². The summed E-state index contributed by atoms with van der Waals surface area (Å²) in [5.74, 6) is -0.0629. The molecule has 1 saturated heterocycles. The number of nitrogens with one attached hydrogen (secondary N) is 1. The number of hydrogen-bond acceptors (Lipinski definition) is 3. The third-order valence-corrected chi connectivity index (χ3v) is 4.73. The first-order valence-electron chi connectivity index (χ1n) is 7.80. The van der Waals surface area contributed by atoms with Crippen molar-refractivity contribution in [3.63, 3.8) is 0 Å². The van der Waals surface area contributed by atoms with Gasteiger partial charge in [0.25, 0.3) is 0 Å². The van der Waals surface area contributed by atoms with Gasteiger partial charge in [0.1, 0.15) is 0 Å². The van der Waals surface area contributed by atoms with E-state index >= 15 is 0 Å². The molecule has 6 heteroatoms. The van der Waals surface area contributed by atoms with E-state index in [1.807, 2.05) is 0 Å². The number of carbonyl (C=O) groups is 1. The van der Waals surface area contributed by atoms with Crippen LogP contribution in [0.4, 0.5) is 5.69 Å². The van der Waals surface area contributed by atoms with Crippen molar-refractivity contribution in [2.45, 2.75) is 38.1 Å². The molecule has 122 valence electrons. The Balaban J connectivity index is 1.87. The van der Waals surface area contributed by atoms with Crippen LogP contribution in [0, 0.1) is 0 Å². The smallest absolute Gasteiger partial charge is 0.225 e. The number of halogens is 2. The van der Waals surface area contributed by atoms with Gasteiger partial charge in [0.05, 0.1) is 15.7 Å². The zero-order valence-electron chi connectivity index (χ0n) is 12.7. The van der Waals surface area contributed by atoms with Gasteiger partial charge < -0.3 is 11.1 Å². The maximum atomic E-state index is 12.1. The predicted molar refractivity (Wildman–Crippen MR) is 92.6 cm³/mol. The third kappa shape index (κ3) is 4.85. The van der Waals surface area contributed by atoms with Crippen LogP contribution in [0.2, 0.25) is 10.0 Å². The van der Waals surface area contributed by atoms with Crippen LogP contribution in [-0.2, 0) is 4.79 Å². The van der Waals surface area contributed by atoms with Gasteiger partial charge in [-0.25, -0.2) is 0 Å². The Bertz CT molecular complexity index is 488. The first-order chi connectivity index (χ1) is 10.6. The highest BCUT2D eigenvalue weighted by Crippen LogP contribution is 2.30. The molecule has 22 heavy (non-hydrogen) atoms. The molecule has 3 N–H and O–H groups in total. The second-order valence-electron chi connectivity index (χ2n) is 5.66. The molecule has 1 aliphatic heterocycles. The molecular formula is C16H23Cl2N3O. The van der Waals surface area contributed by atoms with E-state index in [1.54, 1.807) is 18.2 Å². The van der Waals surface area contributed by atoms with Crippen molar-refractivity contribution in [1.82, 2.24) is 4.90 Å². The summed E-state index contributed by atoms with van der Waals surface area (Å²) in [7, 11) is 0. The Hall–Kier alpha value is -0.810. The average Bonchev–Trinajstić information content (AvgIpc) is 2.50. The highest BCUT2D eigenvalue weighted by molar-refractivity contribution is 6.39. The van der Waals surface area contributed by atoms with Crippen molar-refractivity contribution in [3.05, 3.63) is 28.2 Å². The largest absolute Gasteiger partial charge is 0.330 e. The lowest BCUT2D eigenvalue weighted by atomic mass is 9.99. The normalized spacial score (nSPS) is 19.1. The summed E-state index contributed by atoms with van der Waals surface area (Å²) in [6.45, 7) is 2.49. The Labute approximate surface area is 141 Å². The maximum absolute atomic E-state index is 12.1. The minimum Gasteiger partial charge on any atom is -0.330 e. The molecule has 1 amide bonds. The van der Waals surface area contributed by atoms with Crippen molar-refractivity contribution in [2.24, 2.45) is 5.73 Å². The first-order valence-corrected chi connectivity index (χ1v) is 8.55. The van der Waals surface area contributed by atoms with Crippen LogP contribution in [0.3, 0.4) is 0 Å². The summed E-state index contributed by atoms with van der Waals surface area (Å²) in [4.78, 5) is 14.5. The molecule has 1 aromatic rings. The van der Waals surface area contributed by atoms with Crippen LogP contribution < -0.4 is 11.1 Å². The molecule has 1 aliphatic rings. The highest BCUT2D eigenvalue weighted by Gasteiger charge is 2.22. The summed E-state index contributed by atoms with van der Waals surface area (Å²) < 4.78 is 0. The van der Waals surface area contributed by atoms with Gasteiger partial charge in [0, 0.05) is 19.0 Å². The molecule has 0 bridgehead atoms. The van der Waals surface area contributed by atoms with Gasteiger partial charge >= 0.3 is 0 Å². The fourth-order valence-electron chi connectivity index (χ4n) is 2.94. The molecule has 1 fully saturated rings. The molecule has 0 aliphatic carbocycles. The van der Waals surface area contributed by atoms with Crippen molar-refractivity contribution < 1.29 is 4.79 Å². The van der Waals surface area contributed by atoms with Crippen LogP contribution in [-0.4, -0.2) is 36.5 Å². The SMILES string of the molecule is NCCC1CCCCN1CCC(=O)Nc1c(Cl)cccc1Cl. The van der Waals surface area contributed by atoms with Crippen LogP contribution in [0.25, 0.3) is 0 Å². The van der Waals surface area contributed by atoms with E-state index < -0.39 is 0 Å². The van der Waals surface area contributed by atoms with E-state index in [9.17, 15) is 4.79 Å². The molecule has 0 spiro atoms. The van der Waals surface area contributed by atoms with E-state index in [1.165, 1.54) is 19.3 Å². The number of carbonyl (C=O) groups excluding carboxylic acids is 1. The molecule has 1 unspecified atom stereocenters. The standard InChI is InChI=1S/C16H23Cl2N3O/c17-13-5-3-6-14(18)16(13)20-15(22)8-11-21-10-2-1-4-12(21)7-9-19/h3,5-6,12H,1-2,4,7-11,19H2,(H,20,22). The molecule has 0 aromatic heterocycles. The van der Waals surface area contributed by atoms with E-state index in [2.05, 4.69) is 10.2 Å². The fourth-order valence-corrected chi connectivity index (χ4v) is 3.43. The second kappa shape index (κ2) is 8.73. The van der Waals surface area contributed by atoms with Gasteiger partial charge in [-0.05, 0) is 44.5 Å². The number of piperidine rings is 1. The Kier molecular flexibility index (Phi) is 6.96. The van der Waals surface area contributed by atoms with Crippen molar-refractivity contribution in [1.29, 1.82) is 0 Å². The van der Waals surface area contributed by atoms with Gasteiger partial charge in [0.2, 0.25) is 5.91 Å². The van der Waals surface area contributed by atoms with Gasteiger partial charge in [0.15, 0.2) is 0 Å². The molecule has 2 rings (SSSR count). The Morgan fingerprint density at radius 1 is 1.32 bits per heavy atom. The van der Waals surface area contributed by atoms with Gasteiger partial charge in [-0.1, -0.05) is 35.7 Å². The molecule has 0 saturated carbocycles. The number of likely N-dealkylation sites (tertiary alicyclic amines) is 1. The quantitative estimate of drug-likeness (QED) is 0.830. The predicted octanol–water partition coefficient (Wildman–Crippen LogP) is 3.53. The lowest BCUT2D eigenvalue weighted by Crippen LogP contribution is -2.42. The number of anilines is 1. The summed E-state index contributed by atoms with van der Waals surface area (Å²) in [5.41, 5.74) is 6.17. The summed E-state index contributed by atoms with van der Waals surface area (Å²) in [6, 6.07) is 5.69. The molecule has 0 radical (unpaired) electrons. The minimum atomic E-state index is -0.0629. The van der Waals surface area contributed by atoms with Gasteiger partial charge in [-0.15, -0.1) is 0 Å². The summed E-state index contributed by atoms with van der Waals surface area (Å²) >= 11 is 12.1. The number of amides is 1. The summed E-state index contributed by atoms with van der Waals surface area (Å²) in [5, 5.41) is 3.73. The van der Waals surface area contributed by atoms with Gasteiger partial charge in [-0.2, -0.15) is 0 Å². The van der Waals surface area contributed by atoms with Crippen LogP contribution >= 0.6 is 23.2 Å². The first kappa shape index (κ1) is 17.5. The molecule has 1 aromatic carbocycles. The van der Waals surface area contributed by atoms with Crippen molar-refractivity contribution in [2.75, 3.05) is 25.0 Å². The van der Waals surface area contributed by atoms with Crippen LogP contribution in [0.15, 0.2) is 18.2 Å². The van der Waals surface area contributed by atoms with E-state index in [-0.39, 0.29) is 5.91 Å². The monoisotopic (exact) mass is 343 g/mol. The molecule has 1 heterocycles. The minimum absolute atomic E-state index is 0.0629. The third-order valence-electron chi connectivity index (χ3n) is 4.10. The second-order valence-corrected chi connectivity index (χ2v) is 6.47. The van der Waals surface area contributed by atoms with Crippen molar-refractivity contribution >= 4 is 34.8 Å². The van der Waals surface area contributed by atoms with Crippen LogP contribution in [0.1, 0.15) is 32.1 Å². The number of rotatable bonds is 6.